The maximum atomic E-state index is 12.1. The van der Waals surface area contributed by atoms with Crippen LogP contribution in [0.3, 0.4) is 0 Å². The summed E-state index contributed by atoms with van der Waals surface area (Å²) >= 11 is 0. The van der Waals surface area contributed by atoms with Crippen LogP contribution in [-0.4, -0.2) is 16.0 Å². The van der Waals surface area contributed by atoms with Crippen LogP contribution in [0.1, 0.15) is 23.4 Å². The van der Waals surface area contributed by atoms with Crippen LogP contribution >= 0.6 is 0 Å². The summed E-state index contributed by atoms with van der Waals surface area (Å²) in [6.07, 6.45) is 0.718. The number of aromatic nitrogens is 2. The van der Waals surface area contributed by atoms with Crippen molar-refractivity contribution in [2.75, 3.05) is 0 Å². The quantitative estimate of drug-likeness (QED) is 0.478. The SMILES string of the molecule is Cc1ccc(CNC(=O)CCc2nc(-c3ccc(-c4ccccc4)cc3)no2)cc1. The molecule has 0 unspecified atom stereocenters. The second-order valence-corrected chi connectivity index (χ2v) is 7.22. The van der Waals surface area contributed by atoms with Gasteiger partial charge in [0.15, 0.2) is 0 Å². The molecule has 3 aromatic carbocycles. The molecule has 0 fully saturated rings. The van der Waals surface area contributed by atoms with Crippen molar-refractivity contribution in [1.29, 1.82) is 0 Å². The van der Waals surface area contributed by atoms with Gasteiger partial charge in [-0.1, -0.05) is 89.6 Å². The normalized spacial score (nSPS) is 10.7. The van der Waals surface area contributed by atoms with Crippen LogP contribution in [0.5, 0.6) is 0 Å². The lowest BCUT2D eigenvalue weighted by Crippen LogP contribution is -2.23. The van der Waals surface area contributed by atoms with Crippen molar-refractivity contribution in [3.8, 4) is 22.5 Å². The number of nitrogens with one attached hydrogen (secondary N) is 1. The topological polar surface area (TPSA) is 68.0 Å². The number of carbonyl (C=O) groups excluding carboxylic acids is 1. The molecule has 1 amide bonds. The number of aryl methyl sites for hydroxylation is 2. The third kappa shape index (κ3) is 5.00. The van der Waals surface area contributed by atoms with E-state index in [1.54, 1.807) is 0 Å². The number of hydrogen-bond acceptors (Lipinski definition) is 4. The van der Waals surface area contributed by atoms with E-state index < -0.39 is 0 Å². The van der Waals surface area contributed by atoms with Gasteiger partial charge in [0, 0.05) is 24.9 Å². The molecule has 0 aliphatic rings. The number of rotatable bonds is 7. The Morgan fingerprint density at radius 3 is 2.27 bits per heavy atom. The van der Waals surface area contributed by atoms with Crippen LogP contribution in [0, 0.1) is 6.92 Å². The maximum absolute atomic E-state index is 12.1. The van der Waals surface area contributed by atoms with Gasteiger partial charge in [0.2, 0.25) is 17.6 Å². The van der Waals surface area contributed by atoms with Crippen molar-refractivity contribution in [3.63, 3.8) is 0 Å². The summed E-state index contributed by atoms with van der Waals surface area (Å²) in [4.78, 5) is 16.5. The van der Waals surface area contributed by atoms with Gasteiger partial charge in [-0.2, -0.15) is 4.98 Å². The zero-order valence-corrected chi connectivity index (χ0v) is 16.8. The van der Waals surface area contributed by atoms with E-state index in [1.807, 2.05) is 73.7 Å². The molecule has 1 heterocycles. The van der Waals surface area contributed by atoms with E-state index in [1.165, 1.54) is 5.56 Å². The molecule has 0 aliphatic heterocycles. The standard InChI is InChI=1S/C25H23N3O2/c1-18-7-9-19(10-8-18)17-26-23(29)15-16-24-27-25(28-30-24)22-13-11-21(12-14-22)20-5-3-2-4-6-20/h2-14H,15-17H2,1H3,(H,26,29). The van der Waals surface area contributed by atoms with Gasteiger partial charge in [-0.15, -0.1) is 0 Å². The molecule has 4 rings (SSSR count). The molecule has 4 aromatic rings. The lowest BCUT2D eigenvalue weighted by atomic mass is 10.0. The lowest BCUT2D eigenvalue weighted by molar-refractivity contribution is -0.121. The summed E-state index contributed by atoms with van der Waals surface area (Å²) in [6, 6.07) is 26.3. The highest BCUT2D eigenvalue weighted by Crippen LogP contribution is 2.23. The molecule has 0 atom stereocenters. The lowest BCUT2D eigenvalue weighted by Gasteiger charge is -2.04. The molecule has 1 aromatic heterocycles. The minimum Gasteiger partial charge on any atom is -0.352 e. The van der Waals surface area contributed by atoms with Crippen LogP contribution in [0.4, 0.5) is 0 Å². The minimum absolute atomic E-state index is 0.0393. The van der Waals surface area contributed by atoms with Gasteiger partial charge in [-0.25, -0.2) is 0 Å². The third-order valence-electron chi connectivity index (χ3n) is 4.89. The summed E-state index contributed by atoms with van der Waals surface area (Å²) < 4.78 is 5.32. The second kappa shape index (κ2) is 9.18. The highest BCUT2D eigenvalue weighted by Gasteiger charge is 2.11. The Morgan fingerprint density at radius 1 is 0.867 bits per heavy atom. The number of carbonyl (C=O) groups is 1. The van der Waals surface area contributed by atoms with Crippen molar-refractivity contribution in [1.82, 2.24) is 15.5 Å². The first-order valence-corrected chi connectivity index (χ1v) is 9.98. The molecule has 30 heavy (non-hydrogen) atoms. The second-order valence-electron chi connectivity index (χ2n) is 7.22. The Hall–Kier alpha value is -3.73. The summed E-state index contributed by atoms with van der Waals surface area (Å²) in [5.74, 6) is 0.954. The number of benzene rings is 3. The highest BCUT2D eigenvalue weighted by molar-refractivity contribution is 5.76. The van der Waals surface area contributed by atoms with E-state index in [0.717, 1.165) is 22.3 Å². The van der Waals surface area contributed by atoms with Gasteiger partial charge in [0.25, 0.3) is 0 Å². The van der Waals surface area contributed by atoms with Crippen LogP contribution in [0.25, 0.3) is 22.5 Å². The zero-order valence-electron chi connectivity index (χ0n) is 16.8. The fourth-order valence-corrected chi connectivity index (χ4v) is 3.13. The average Bonchev–Trinajstić information content (AvgIpc) is 3.27. The Bertz CT molecular complexity index is 1100. The van der Waals surface area contributed by atoms with Crippen LogP contribution in [-0.2, 0) is 17.8 Å². The van der Waals surface area contributed by atoms with E-state index in [4.69, 9.17) is 4.52 Å². The molecule has 0 spiro atoms. The summed E-state index contributed by atoms with van der Waals surface area (Å²) in [5, 5.41) is 6.97. The highest BCUT2D eigenvalue weighted by atomic mass is 16.5. The van der Waals surface area contributed by atoms with Crippen molar-refractivity contribution < 1.29 is 9.32 Å². The number of nitrogens with zero attached hydrogens (tertiary/aromatic N) is 2. The monoisotopic (exact) mass is 397 g/mol. The molecule has 0 bridgehead atoms. The van der Waals surface area contributed by atoms with Gasteiger partial charge in [0.05, 0.1) is 0 Å². The first kappa shape index (κ1) is 19.6. The Morgan fingerprint density at radius 2 is 1.53 bits per heavy atom. The molecule has 1 N–H and O–H groups in total. The predicted octanol–water partition coefficient (Wildman–Crippen LogP) is 4.96. The average molecular weight is 397 g/mol. The van der Waals surface area contributed by atoms with Crippen LogP contribution in [0.15, 0.2) is 83.4 Å². The van der Waals surface area contributed by atoms with E-state index in [9.17, 15) is 4.79 Å². The van der Waals surface area contributed by atoms with Crippen molar-refractivity contribution >= 4 is 5.91 Å². The third-order valence-corrected chi connectivity index (χ3v) is 4.89. The largest absolute Gasteiger partial charge is 0.352 e. The van der Waals surface area contributed by atoms with Crippen molar-refractivity contribution in [3.05, 3.63) is 95.9 Å². The van der Waals surface area contributed by atoms with Gasteiger partial charge >= 0.3 is 0 Å². The Labute approximate surface area is 175 Å². The molecule has 5 heteroatoms. The minimum atomic E-state index is -0.0393. The van der Waals surface area contributed by atoms with E-state index in [-0.39, 0.29) is 5.91 Å². The first-order valence-electron chi connectivity index (χ1n) is 9.98. The molecular weight excluding hydrogens is 374 g/mol. The molecule has 0 radical (unpaired) electrons. The fraction of sp³-hybridized carbons (Fsp3) is 0.160. The van der Waals surface area contributed by atoms with E-state index in [2.05, 4.69) is 27.6 Å². The summed E-state index contributed by atoms with van der Waals surface area (Å²) in [7, 11) is 0. The molecule has 150 valence electrons. The fourth-order valence-electron chi connectivity index (χ4n) is 3.13. The predicted molar refractivity (Wildman–Crippen MR) is 117 cm³/mol. The molecule has 0 aliphatic carbocycles. The Kier molecular flexibility index (Phi) is 5.99. The first-order chi connectivity index (χ1) is 14.7. The molecule has 0 saturated heterocycles. The number of hydrogen-bond donors (Lipinski definition) is 1. The van der Waals surface area contributed by atoms with Crippen LogP contribution in [0.2, 0.25) is 0 Å². The van der Waals surface area contributed by atoms with E-state index >= 15 is 0 Å². The Balaban J connectivity index is 1.30. The van der Waals surface area contributed by atoms with E-state index in [0.29, 0.717) is 31.1 Å². The summed E-state index contributed by atoms with van der Waals surface area (Å²) in [6.45, 7) is 2.56. The molecule has 0 saturated carbocycles. The molecular formula is C25H23N3O2. The van der Waals surface area contributed by atoms with Gasteiger partial charge in [-0.05, 0) is 23.6 Å². The summed E-state index contributed by atoms with van der Waals surface area (Å²) in [5.41, 5.74) is 5.45. The molecule has 5 nitrogen and oxygen atoms in total. The van der Waals surface area contributed by atoms with Crippen molar-refractivity contribution in [2.24, 2.45) is 0 Å². The zero-order chi connectivity index (χ0) is 20.8. The van der Waals surface area contributed by atoms with Gasteiger partial charge < -0.3 is 9.84 Å². The smallest absolute Gasteiger partial charge is 0.227 e. The van der Waals surface area contributed by atoms with Crippen LogP contribution < -0.4 is 5.32 Å². The maximum Gasteiger partial charge on any atom is 0.227 e. The number of amides is 1. The van der Waals surface area contributed by atoms with Crippen molar-refractivity contribution in [2.45, 2.75) is 26.3 Å². The van der Waals surface area contributed by atoms with Gasteiger partial charge in [-0.3, -0.25) is 4.79 Å². The van der Waals surface area contributed by atoms with Gasteiger partial charge in [0.1, 0.15) is 0 Å².